The summed E-state index contributed by atoms with van der Waals surface area (Å²) in [4.78, 5) is 4.41. The molecule has 0 aliphatic carbocycles. The number of hydrogen-bond acceptors (Lipinski definition) is 3. The van der Waals surface area contributed by atoms with E-state index in [9.17, 15) is 0 Å². The Morgan fingerprint density at radius 3 is 2.80 bits per heavy atom. The Bertz CT molecular complexity index is 479. The molecular formula is C11H16N4. The van der Waals surface area contributed by atoms with E-state index in [2.05, 4.69) is 10.1 Å². The lowest BCUT2D eigenvalue weighted by atomic mass is 10.0. The highest BCUT2D eigenvalue weighted by atomic mass is 15.3. The van der Waals surface area contributed by atoms with Gasteiger partial charge in [0.05, 0.1) is 0 Å². The average molecular weight is 204 g/mol. The molecule has 0 atom stereocenters. The van der Waals surface area contributed by atoms with Crippen LogP contribution in [0.25, 0.3) is 5.65 Å². The SMILES string of the molecule is Cc1ccc2nc(CC(C)(C)N)nn2c1. The second-order valence-corrected chi connectivity index (χ2v) is 4.70. The van der Waals surface area contributed by atoms with E-state index in [1.165, 1.54) is 5.56 Å². The molecule has 0 aliphatic heterocycles. The van der Waals surface area contributed by atoms with Crippen molar-refractivity contribution in [3.8, 4) is 0 Å². The Labute approximate surface area is 89.1 Å². The van der Waals surface area contributed by atoms with Crippen LogP contribution in [-0.2, 0) is 6.42 Å². The third kappa shape index (κ3) is 2.33. The highest BCUT2D eigenvalue weighted by molar-refractivity contribution is 5.38. The van der Waals surface area contributed by atoms with Crippen molar-refractivity contribution >= 4 is 5.65 Å². The zero-order valence-corrected chi connectivity index (χ0v) is 9.36. The summed E-state index contributed by atoms with van der Waals surface area (Å²) in [7, 11) is 0. The predicted molar refractivity (Wildman–Crippen MR) is 59.7 cm³/mol. The fourth-order valence-electron chi connectivity index (χ4n) is 1.51. The number of aryl methyl sites for hydroxylation is 1. The first kappa shape index (κ1) is 10.1. The summed E-state index contributed by atoms with van der Waals surface area (Å²) in [6.07, 6.45) is 2.66. The monoisotopic (exact) mass is 204 g/mol. The molecule has 0 aliphatic rings. The summed E-state index contributed by atoms with van der Waals surface area (Å²) in [5, 5.41) is 4.38. The van der Waals surface area contributed by atoms with Crippen LogP contribution in [0.15, 0.2) is 18.3 Å². The van der Waals surface area contributed by atoms with Crippen molar-refractivity contribution in [2.45, 2.75) is 32.7 Å². The largest absolute Gasteiger partial charge is 0.325 e. The lowest BCUT2D eigenvalue weighted by molar-refractivity contribution is 0.502. The van der Waals surface area contributed by atoms with Gasteiger partial charge in [-0.15, -0.1) is 0 Å². The van der Waals surface area contributed by atoms with Crippen LogP contribution in [0.1, 0.15) is 25.2 Å². The van der Waals surface area contributed by atoms with Gasteiger partial charge in [-0.1, -0.05) is 6.07 Å². The minimum Gasteiger partial charge on any atom is -0.325 e. The number of fused-ring (bicyclic) bond motifs is 1. The number of aromatic nitrogens is 3. The molecule has 4 nitrogen and oxygen atoms in total. The second-order valence-electron chi connectivity index (χ2n) is 4.70. The van der Waals surface area contributed by atoms with E-state index in [0.29, 0.717) is 6.42 Å². The Morgan fingerprint density at radius 1 is 1.40 bits per heavy atom. The first-order valence-electron chi connectivity index (χ1n) is 5.05. The molecule has 15 heavy (non-hydrogen) atoms. The van der Waals surface area contributed by atoms with Gasteiger partial charge in [-0.3, -0.25) is 0 Å². The van der Waals surface area contributed by atoms with Crippen molar-refractivity contribution in [3.05, 3.63) is 29.7 Å². The lowest BCUT2D eigenvalue weighted by Crippen LogP contribution is -2.34. The van der Waals surface area contributed by atoms with E-state index >= 15 is 0 Å². The summed E-state index contributed by atoms with van der Waals surface area (Å²) in [5.41, 5.74) is 7.71. The molecule has 0 saturated carbocycles. The minimum atomic E-state index is -0.264. The van der Waals surface area contributed by atoms with Gasteiger partial charge in [0.25, 0.3) is 0 Å². The summed E-state index contributed by atoms with van der Waals surface area (Å²) in [6.45, 7) is 5.99. The third-order valence-electron chi connectivity index (χ3n) is 2.14. The van der Waals surface area contributed by atoms with Gasteiger partial charge in [0.15, 0.2) is 11.5 Å². The maximum atomic E-state index is 5.93. The highest BCUT2D eigenvalue weighted by Gasteiger charge is 2.15. The summed E-state index contributed by atoms with van der Waals surface area (Å²) in [5.74, 6) is 0.799. The Balaban J connectivity index is 2.39. The Morgan fingerprint density at radius 2 is 2.13 bits per heavy atom. The van der Waals surface area contributed by atoms with E-state index in [1.54, 1.807) is 4.52 Å². The van der Waals surface area contributed by atoms with Crippen molar-refractivity contribution in [2.75, 3.05) is 0 Å². The van der Waals surface area contributed by atoms with Crippen LogP contribution in [-0.4, -0.2) is 20.1 Å². The van der Waals surface area contributed by atoms with E-state index in [0.717, 1.165) is 11.5 Å². The van der Waals surface area contributed by atoms with Crippen LogP contribution in [0, 0.1) is 6.92 Å². The molecule has 0 aromatic carbocycles. The molecule has 80 valence electrons. The van der Waals surface area contributed by atoms with Gasteiger partial charge in [-0.2, -0.15) is 5.10 Å². The molecule has 0 bridgehead atoms. The Kier molecular flexibility index (Phi) is 2.23. The number of nitrogens with zero attached hydrogens (tertiary/aromatic N) is 3. The Hall–Kier alpha value is -1.42. The van der Waals surface area contributed by atoms with Gasteiger partial charge in [0, 0.05) is 18.2 Å². The second kappa shape index (κ2) is 3.31. The lowest BCUT2D eigenvalue weighted by Gasteiger charge is -2.14. The minimum absolute atomic E-state index is 0.264. The maximum absolute atomic E-state index is 5.93. The third-order valence-corrected chi connectivity index (χ3v) is 2.14. The van der Waals surface area contributed by atoms with Crippen molar-refractivity contribution in [1.29, 1.82) is 0 Å². The fourth-order valence-corrected chi connectivity index (χ4v) is 1.51. The predicted octanol–water partition coefficient (Wildman–Crippen LogP) is 1.32. The summed E-state index contributed by atoms with van der Waals surface area (Å²) in [6, 6.07) is 4.00. The van der Waals surface area contributed by atoms with Gasteiger partial charge in [-0.25, -0.2) is 9.50 Å². The normalized spacial score (nSPS) is 12.3. The molecule has 0 saturated heterocycles. The fraction of sp³-hybridized carbons (Fsp3) is 0.455. The molecule has 2 aromatic rings. The van der Waals surface area contributed by atoms with Gasteiger partial charge < -0.3 is 5.73 Å². The molecule has 0 amide bonds. The molecule has 2 N–H and O–H groups in total. The molecule has 0 unspecified atom stereocenters. The molecule has 0 fully saturated rings. The van der Waals surface area contributed by atoms with Gasteiger partial charge >= 0.3 is 0 Å². The van der Waals surface area contributed by atoms with Gasteiger partial charge in [0.1, 0.15) is 0 Å². The van der Waals surface area contributed by atoms with Crippen LogP contribution in [0.4, 0.5) is 0 Å². The number of rotatable bonds is 2. The molecule has 2 aromatic heterocycles. The standard InChI is InChI=1S/C11H16N4/c1-8-4-5-10-13-9(6-11(2,3)12)14-15(10)7-8/h4-5,7H,6,12H2,1-3H3. The van der Waals surface area contributed by atoms with Gasteiger partial charge in [0.2, 0.25) is 0 Å². The molecule has 2 rings (SSSR count). The molecular weight excluding hydrogens is 188 g/mol. The van der Waals surface area contributed by atoms with Crippen molar-refractivity contribution in [1.82, 2.24) is 14.6 Å². The van der Waals surface area contributed by atoms with Crippen LogP contribution in [0.2, 0.25) is 0 Å². The van der Waals surface area contributed by atoms with Crippen LogP contribution in [0.3, 0.4) is 0 Å². The van der Waals surface area contributed by atoms with E-state index in [4.69, 9.17) is 5.73 Å². The van der Waals surface area contributed by atoms with Crippen LogP contribution >= 0.6 is 0 Å². The van der Waals surface area contributed by atoms with Crippen LogP contribution in [0.5, 0.6) is 0 Å². The molecule has 0 spiro atoms. The highest BCUT2D eigenvalue weighted by Crippen LogP contribution is 2.09. The topological polar surface area (TPSA) is 56.2 Å². The van der Waals surface area contributed by atoms with Gasteiger partial charge in [-0.05, 0) is 32.4 Å². The number of hydrogen-bond donors (Lipinski definition) is 1. The summed E-state index contributed by atoms with van der Waals surface area (Å²) < 4.78 is 1.80. The zero-order valence-electron chi connectivity index (χ0n) is 9.36. The van der Waals surface area contributed by atoms with E-state index in [-0.39, 0.29) is 5.54 Å². The average Bonchev–Trinajstić information content (AvgIpc) is 2.42. The smallest absolute Gasteiger partial charge is 0.155 e. The van der Waals surface area contributed by atoms with Crippen molar-refractivity contribution < 1.29 is 0 Å². The first-order chi connectivity index (χ1) is 6.94. The first-order valence-corrected chi connectivity index (χ1v) is 5.05. The maximum Gasteiger partial charge on any atom is 0.155 e. The van der Waals surface area contributed by atoms with E-state index in [1.807, 2.05) is 39.1 Å². The summed E-state index contributed by atoms with van der Waals surface area (Å²) >= 11 is 0. The molecule has 4 heteroatoms. The number of nitrogens with two attached hydrogens (primary N) is 1. The van der Waals surface area contributed by atoms with Crippen molar-refractivity contribution in [3.63, 3.8) is 0 Å². The molecule has 2 heterocycles. The zero-order chi connectivity index (χ0) is 11.1. The van der Waals surface area contributed by atoms with Crippen molar-refractivity contribution in [2.24, 2.45) is 5.73 Å². The van der Waals surface area contributed by atoms with E-state index < -0.39 is 0 Å². The van der Waals surface area contributed by atoms with Crippen LogP contribution < -0.4 is 5.73 Å². The molecule has 0 radical (unpaired) electrons. The quantitative estimate of drug-likeness (QED) is 0.802. The number of pyridine rings is 1.